The first-order valence-electron chi connectivity index (χ1n) is 7.44. The zero-order valence-corrected chi connectivity index (χ0v) is 13.8. The number of urea groups is 1. The second-order valence-corrected chi connectivity index (χ2v) is 6.44. The summed E-state index contributed by atoms with van der Waals surface area (Å²) in [4.78, 5) is 13.2. The average Bonchev–Trinajstić information content (AvgIpc) is 2.99. The molecule has 0 radical (unpaired) electrons. The third-order valence-electron chi connectivity index (χ3n) is 2.94. The van der Waals surface area contributed by atoms with Gasteiger partial charge in [-0.25, -0.2) is 4.79 Å². The van der Waals surface area contributed by atoms with Crippen LogP contribution in [0.5, 0.6) is 5.75 Å². The SMILES string of the molecule is CC(C)COc1ccccc1NC(=O)NCCc1cccs1. The van der Waals surface area contributed by atoms with Crippen LogP contribution in [0.2, 0.25) is 0 Å². The van der Waals surface area contributed by atoms with Crippen molar-refractivity contribution in [3.05, 3.63) is 46.7 Å². The van der Waals surface area contributed by atoms with Crippen molar-refractivity contribution in [3.63, 3.8) is 0 Å². The quantitative estimate of drug-likeness (QED) is 0.806. The Hall–Kier alpha value is -2.01. The van der Waals surface area contributed by atoms with Gasteiger partial charge in [0.15, 0.2) is 0 Å². The van der Waals surface area contributed by atoms with Crippen molar-refractivity contribution in [3.8, 4) is 5.75 Å². The van der Waals surface area contributed by atoms with Crippen molar-refractivity contribution < 1.29 is 9.53 Å². The number of carbonyl (C=O) groups excluding carboxylic acids is 1. The summed E-state index contributed by atoms with van der Waals surface area (Å²) in [5, 5.41) is 7.74. The van der Waals surface area contributed by atoms with E-state index in [9.17, 15) is 4.79 Å². The van der Waals surface area contributed by atoms with Crippen molar-refractivity contribution in [2.24, 2.45) is 5.92 Å². The van der Waals surface area contributed by atoms with Gasteiger partial charge in [0, 0.05) is 11.4 Å². The Morgan fingerprint density at radius 2 is 2.05 bits per heavy atom. The highest BCUT2D eigenvalue weighted by Crippen LogP contribution is 2.24. The van der Waals surface area contributed by atoms with Crippen molar-refractivity contribution in [2.75, 3.05) is 18.5 Å². The van der Waals surface area contributed by atoms with Crippen LogP contribution < -0.4 is 15.4 Å². The van der Waals surface area contributed by atoms with Gasteiger partial charge < -0.3 is 15.4 Å². The molecule has 2 N–H and O–H groups in total. The Morgan fingerprint density at radius 1 is 1.23 bits per heavy atom. The number of carbonyl (C=O) groups is 1. The average molecular weight is 318 g/mol. The molecule has 4 nitrogen and oxygen atoms in total. The number of nitrogens with one attached hydrogen (secondary N) is 2. The molecule has 1 aromatic heterocycles. The first-order valence-corrected chi connectivity index (χ1v) is 8.32. The van der Waals surface area contributed by atoms with Crippen LogP contribution in [0.25, 0.3) is 0 Å². The lowest BCUT2D eigenvalue weighted by molar-refractivity contribution is 0.251. The minimum Gasteiger partial charge on any atom is -0.491 e. The van der Waals surface area contributed by atoms with Gasteiger partial charge in [-0.1, -0.05) is 32.0 Å². The lowest BCUT2D eigenvalue weighted by Crippen LogP contribution is -2.30. The van der Waals surface area contributed by atoms with E-state index in [4.69, 9.17) is 4.74 Å². The van der Waals surface area contributed by atoms with E-state index in [1.54, 1.807) is 11.3 Å². The van der Waals surface area contributed by atoms with Crippen LogP contribution in [0.15, 0.2) is 41.8 Å². The third kappa shape index (κ3) is 5.41. The van der Waals surface area contributed by atoms with E-state index in [2.05, 4.69) is 30.5 Å². The fourth-order valence-electron chi connectivity index (χ4n) is 1.87. The topological polar surface area (TPSA) is 50.4 Å². The van der Waals surface area contributed by atoms with Crippen molar-refractivity contribution in [1.29, 1.82) is 0 Å². The second-order valence-electron chi connectivity index (χ2n) is 5.41. The predicted molar refractivity (Wildman–Crippen MR) is 91.8 cm³/mol. The zero-order valence-electron chi connectivity index (χ0n) is 13.0. The minimum absolute atomic E-state index is 0.211. The summed E-state index contributed by atoms with van der Waals surface area (Å²) in [6.07, 6.45) is 0.844. The highest BCUT2D eigenvalue weighted by molar-refractivity contribution is 7.09. The summed E-state index contributed by atoms with van der Waals surface area (Å²) < 4.78 is 5.72. The number of para-hydroxylation sites is 2. The smallest absolute Gasteiger partial charge is 0.319 e. The van der Waals surface area contributed by atoms with Gasteiger partial charge in [0.05, 0.1) is 12.3 Å². The maximum Gasteiger partial charge on any atom is 0.319 e. The first-order chi connectivity index (χ1) is 10.6. The molecule has 0 bridgehead atoms. The summed E-state index contributed by atoms with van der Waals surface area (Å²) >= 11 is 1.70. The summed E-state index contributed by atoms with van der Waals surface area (Å²) in [6, 6.07) is 11.4. The van der Waals surface area contributed by atoms with Gasteiger partial charge in [-0.15, -0.1) is 11.3 Å². The maximum atomic E-state index is 12.0. The number of thiophene rings is 1. The van der Waals surface area contributed by atoms with Crippen LogP contribution in [-0.2, 0) is 6.42 Å². The van der Waals surface area contributed by atoms with Crippen molar-refractivity contribution in [2.45, 2.75) is 20.3 Å². The van der Waals surface area contributed by atoms with Gasteiger partial charge in [-0.2, -0.15) is 0 Å². The van der Waals surface area contributed by atoms with Gasteiger partial charge in [-0.05, 0) is 35.9 Å². The van der Waals surface area contributed by atoms with Gasteiger partial charge >= 0.3 is 6.03 Å². The number of hydrogen-bond acceptors (Lipinski definition) is 3. The maximum absolute atomic E-state index is 12.0. The van der Waals surface area contributed by atoms with E-state index in [-0.39, 0.29) is 6.03 Å². The van der Waals surface area contributed by atoms with Crippen LogP contribution in [-0.4, -0.2) is 19.2 Å². The summed E-state index contributed by atoms with van der Waals surface area (Å²) in [6.45, 7) is 5.42. The largest absolute Gasteiger partial charge is 0.491 e. The summed E-state index contributed by atoms with van der Waals surface area (Å²) in [5.74, 6) is 1.14. The molecule has 2 aromatic rings. The highest BCUT2D eigenvalue weighted by Gasteiger charge is 2.07. The Bertz CT molecular complexity index is 582. The number of rotatable bonds is 7. The normalized spacial score (nSPS) is 10.5. The minimum atomic E-state index is -0.211. The van der Waals surface area contributed by atoms with Crippen LogP contribution in [0.4, 0.5) is 10.5 Å². The molecule has 0 aliphatic rings. The molecule has 0 spiro atoms. The van der Waals surface area contributed by atoms with Crippen LogP contribution in [0, 0.1) is 5.92 Å². The Morgan fingerprint density at radius 3 is 2.77 bits per heavy atom. The molecule has 0 saturated heterocycles. The highest BCUT2D eigenvalue weighted by atomic mass is 32.1. The second kappa shape index (κ2) is 8.44. The molecule has 0 fully saturated rings. The number of hydrogen-bond donors (Lipinski definition) is 2. The number of ether oxygens (including phenoxy) is 1. The Labute approximate surface area is 135 Å². The molecule has 0 unspecified atom stereocenters. The summed E-state index contributed by atoms with van der Waals surface area (Å²) in [7, 11) is 0. The van der Waals surface area contributed by atoms with E-state index in [0.29, 0.717) is 30.5 Å². The molecule has 5 heteroatoms. The number of anilines is 1. The Kier molecular flexibility index (Phi) is 6.27. The lowest BCUT2D eigenvalue weighted by atomic mass is 10.2. The molecule has 2 amide bonds. The first kappa shape index (κ1) is 16.4. The van der Waals surface area contributed by atoms with E-state index < -0.39 is 0 Å². The van der Waals surface area contributed by atoms with Crippen molar-refractivity contribution in [1.82, 2.24) is 5.32 Å². The standard InChI is InChI=1S/C17H22N2O2S/c1-13(2)12-21-16-8-4-3-7-15(16)19-17(20)18-10-9-14-6-5-11-22-14/h3-8,11,13H,9-10,12H2,1-2H3,(H2,18,19,20). The molecule has 0 atom stereocenters. The fraction of sp³-hybridized carbons (Fsp3) is 0.353. The molecule has 22 heavy (non-hydrogen) atoms. The zero-order chi connectivity index (χ0) is 15.8. The molecular formula is C17H22N2O2S. The molecule has 2 rings (SSSR count). The van der Waals surface area contributed by atoms with Gasteiger partial charge in [0.1, 0.15) is 5.75 Å². The molecule has 1 aromatic carbocycles. The predicted octanol–water partition coefficient (Wildman–Crippen LogP) is 4.15. The van der Waals surface area contributed by atoms with Crippen LogP contribution >= 0.6 is 11.3 Å². The molecule has 0 saturated carbocycles. The monoisotopic (exact) mass is 318 g/mol. The van der Waals surface area contributed by atoms with E-state index >= 15 is 0 Å². The van der Waals surface area contributed by atoms with Crippen molar-refractivity contribution >= 4 is 23.1 Å². The van der Waals surface area contributed by atoms with Gasteiger partial charge in [-0.3, -0.25) is 0 Å². The Balaban J connectivity index is 1.82. The summed E-state index contributed by atoms with van der Waals surface area (Å²) in [5.41, 5.74) is 0.691. The van der Waals surface area contributed by atoms with Gasteiger partial charge in [0.2, 0.25) is 0 Å². The van der Waals surface area contributed by atoms with E-state index in [1.807, 2.05) is 35.7 Å². The van der Waals surface area contributed by atoms with E-state index in [1.165, 1.54) is 4.88 Å². The lowest BCUT2D eigenvalue weighted by Gasteiger charge is -2.14. The molecular weight excluding hydrogens is 296 g/mol. The van der Waals surface area contributed by atoms with Gasteiger partial charge in [0.25, 0.3) is 0 Å². The molecule has 118 valence electrons. The number of benzene rings is 1. The fourth-order valence-corrected chi connectivity index (χ4v) is 2.58. The third-order valence-corrected chi connectivity index (χ3v) is 3.88. The molecule has 0 aliphatic carbocycles. The van der Waals surface area contributed by atoms with Crippen LogP contribution in [0.1, 0.15) is 18.7 Å². The molecule has 0 aliphatic heterocycles. The van der Waals surface area contributed by atoms with E-state index in [0.717, 1.165) is 6.42 Å². The van der Waals surface area contributed by atoms with Crippen LogP contribution in [0.3, 0.4) is 0 Å². The number of amides is 2. The molecule has 1 heterocycles.